The number of hydrogen-bond acceptors (Lipinski definition) is 2. The summed E-state index contributed by atoms with van der Waals surface area (Å²) in [6.07, 6.45) is 3.54. The smallest absolute Gasteiger partial charge is 0.307 e. The first kappa shape index (κ1) is 13.9. The number of nitrogens with one attached hydrogen (secondary N) is 3. The molecule has 0 saturated carbocycles. The van der Waals surface area contributed by atoms with Crippen LogP contribution in [0.2, 0.25) is 0 Å². The molecule has 0 spiro atoms. The molecule has 1 aromatic carbocycles. The van der Waals surface area contributed by atoms with Gasteiger partial charge in [0.15, 0.2) is 0 Å². The molecule has 1 aromatic heterocycles. The van der Waals surface area contributed by atoms with Crippen molar-refractivity contribution in [1.29, 1.82) is 0 Å². The molecule has 0 amide bonds. The molecule has 0 radical (unpaired) electrons. The second-order valence-corrected chi connectivity index (χ2v) is 5.17. The van der Waals surface area contributed by atoms with E-state index >= 15 is 0 Å². The fraction of sp³-hybridized carbons (Fsp3) is 0.533. The molecule has 4 nitrogen and oxygen atoms in total. The predicted molar refractivity (Wildman–Crippen MR) is 79.5 cm³/mol. The van der Waals surface area contributed by atoms with E-state index in [0.29, 0.717) is 12.1 Å². The Balaban J connectivity index is 2.15. The highest BCUT2D eigenvalue weighted by atomic mass is 16.1. The highest BCUT2D eigenvalue weighted by Gasteiger charge is 2.12. The predicted octanol–water partition coefficient (Wildman–Crippen LogP) is 3.09. The third kappa shape index (κ3) is 3.26. The van der Waals surface area contributed by atoms with Gasteiger partial charge in [0.05, 0.1) is 11.0 Å². The molecule has 0 aliphatic rings. The molecule has 2 rings (SSSR count). The van der Waals surface area contributed by atoms with E-state index in [1.165, 1.54) is 18.4 Å². The maximum Gasteiger partial charge on any atom is 0.323 e. The zero-order chi connectivity index (χ0) is 13.8. The van der Waals surface area contributed by atoms with Crippen molar-refractivity contribution >= 4 is 11.0 Å². The maximum atomic E-state index is 11.3. The first-order chi connectivity index (χ1) is 9.13. The van der Waals surface area contributed by atoms with Gasteiger partial charge < -0.3 is 15.3 Å². The SMILES string of the molecule is CCCC(CC)NC(C)c1ccc2[nH]c(=O)[nH]c2c1. The number of benzene rings is 1. The van der Waals surface area contributed by atoms with Crippen LogP contribution in [0.3, 0.4) is 0 Å². The van der Waals surface area contributed by atoms with E-state index in [1.54, 1.807) is 0 Å². The minimum Gasteiger partial charge on any atom is -0.307 e. The first-order valence-electron chi connectivity index (χ1n) is 7.12. The van der Waals surface area contributed by atoms with E-state index in [9.17, 15) is 4.79 Å². The standard InChI is InChI=1S/C15H23N3O/c1-4-6-12(5-2)16-10(3)11-7-8-13-14(9-11)18-15(19)17-13/h7-10,12,16H,4-6H2,1-3H3,(H2,17,18,19). The fourth-order valence-corrected chi connectivity index (χ4v) is 2.52. The Kier molecular flexibility index (Phi) is 4.43. The van der Waals surface area contributed by atoms with Gasteiger partial charge in [-0.15, -0.1) is 0 Å². The van der Waals surface area contributed by atoms with E-state index in [0.717, 1.165) is 17.5 Å². The number of aromatic nitrogens is 2. The lowest BCUT2D eigenvalue weighted by molar-refractivity contribution is 0.417. The number of rotatable bonds is 6. The monoisotopic (exact) mass is 261 g/mol. The van der Waals surface area contributed by atoms with Crippen LogP contribution in [0.5, 0.6) is 0 Å². The lowest BCUT2D eigenvalue weighted by atomic mass is 10.0. The third-order valence-corrected chi connectivity index (χ3v) is 3.66. The van der Waals surface area contributed by atoms with Crippen LogP contribution in [-0.2, 0) is 0 Å². The number of imidazole rings is 1. The molecule has 2 unspecified atom stereocenters. The van der Waals surface area contributed by atoms with Crippen LogP contribution in [0, 0.1) is 0 Å². The van der Waals surface area contributed by atoms with E-state index in [4.69, 9.17) is 0 Å². The molecule has 0 fully saturated rings. The minimum atomic E-state index is -0.148. The summed E-state index contributed by atoms with van der Waals surface area (Å²) in [4.78, 5) is 16.8. The van der Waals surface area contributed by atoms with Crippen molar-refractivity contribution in [2.45, 2.75) is 52.1 Å². The molecule has 4 heteroatoms. The van der Waals surface area contributed by atoms with Crippen LogP contribution in [0.15, 0.2) is 23.0 Å². The second-order valence-electron chi connectivity index (χ2n) is 5.17. The zero-order valence-electron chi connectivity index (χ0n) is 11.9. The largest absolute Gasteiger partial charge is 0.323 e. The third-order valence-electron chi connectivity index (χ3n) is 3.66. The van der Waals surface area contributed by atoms with E-state index in [1.807, 2.05) is 12.1 Å². The minimum absolute atomic E-state index is 0.148. The Morgan fingerprint density at radius 3 is 2.63 bits per heavy atom. The summed E-state index contributed by atoms with van der Waals surface area (Å²) in [6.45, 7) is 6.60. The van der Waals surface area contributed by atoms with Gasteiger partial charge in [-0.2, -0.15) is 0 Å². The van der Waals surface area contributed by atoms with Crippen molar-refractivity contribution in [3.8, 4) is 0 Å². The Morgan fingerprint density at radius 1 is 1.21 bits per heavy atom. The molecule has 19 heavy (non-hydrogen) atoms. The molecular formula is C15H23N3O. The topological polar surface area (TPSA) is 60.7 Å². The second kappa shape index (κ2) is 6.06. The molecule has 0 aliphatic carbocycles. The average Bonchev–Trinajstić information content (AvgIpc) is 2.76. The summed E-state index contributed by atoms with van der Waals surface area (Å²) in [5.74, 6) is 0. The Hall–Kier alpha value is -1.55. The van der Waals surface area contributed by atoms with Crippen molar-refractivity contribution in [3.63, 3.8) is 0 Å². The summed E-state index contributed by atoms with van der Waals surface area (Å²) < 4.78 is 0. The van der Waals surface area contributed by atoms with Gasteiger partial charge in [-0.1, -0.05) is 26.3 Å². The van der Waals surface area contributed by atoms with Crippen LogP contribution in [0.25, 0.3) is 11.0 Å². The molecule has 1 heterocycles. The molecule has 0 bridgehead atoms. The fourth-order valence-electron chi connectivity index (χ4n) is 2.52. The highest BCUT2D eigenvalue weighted by molar-refractivity contribution is 5.75. The van der Waals surface area contributed by atoms with Crippen LogP contribution in [0.4, 0.5) is 0 Å². The summed E-state index contributed by atoms with van der Waals surface area (Å²) in [5.41, 5.74) is 2.80. The summed E-state index contributed by atoms with van der Waals surface area (Å²) in [5, 5.41) is 3.65. The van der Waals surface area contributed by atoms with Crippen molar-refractivity contribution < 1.29 is 0 Å². The van der Waals surface area contributed by atoms with Gasteiger partial charge in [0, 0.05) is 12.1 Å². The van der Waals surface area contributed by atoms with Gasteiger partial charge in [0.25, 0.3) is 0 Å². The van der Waals surface area contributed by atoms with Gasteiger partial charge in [-0.25, -0.2) is 4.79 Å². The van der Waals surface area contributed by atoms with Crippen molar-refractivity contribution in [3.05, 3.63) is 34.2 Å². The van der Waals surface area contributed by atoms with E-state index in [2.05, 4.69) is 42.1 Å². The quantitative estimate of drug-likeness (QED) is 0.748. The van der Waals surface area contributed by atoms with Crippen molar-refractivity contribution in [2.24, 2.45) is 0 Å². The Bertz CT molecular complexity index is 584. The Morgan fingerprint density at radius 2 is 1.95 bits per heavy atom. The van der Waals surface area contributed by atoms with Crippen LogP contribution in [-0.4, -0.2) is 16.0 Å². The number of fused-ring (bicyclic) bond motifs is 1. The lowest BCUT2D eigenvalue weighted by Gasteiger charge is -2.22. The highest BCUT2D eigenvalue weighted by Crippen LogP contribution is 2.18. The maximum absolute atomic E-state index is 11.3. The number of aromatic amines is 2. The Labute approximate surface area is 113 Å². The van der Waals surface area contributed by atoms with Gasteiger partial charge in [0.1, 0.15) is 0 Å². The van der Waals surface area contributed by atoms with Crippen molar-refractivity contribution in [1.82, 2.24) is 15.3 Å². The summed E-state index contributed by atoms with van der Waals surface area (Å²) in [7, 11) is 0. The average molecular weight is 261 g/mol. The van der Waals surface area contributed by atoms with Gasteiger partial charge >= 0.3 is 5.69 Å². The number of H-pyrrole nitrogens is 2. The molecule has 2 atom stereocenters. The summed E-state index contributed by atoms with van der Waals surface area (Å²) in [6, 6.07) is 6.92. The normalized spacial score (nSPS) is 14.7. The summed E-state index contributed by atoms with van der Waals surface area (Å²) >= 11 is 0. The van der Waals surface area contributed by atoms with Gasteiger partial charge in [0.2, 0.25) is 0 Å². The molecular weight excluding hydrogens is 238 g/mol. The van der Waals surface area contributed by atoms with Gasteiger partial charge in [-0.05, 0) is 37.5 Å². The van der Waals surface area contributed by atoms with Crippen LogP contribution >= 0.6 is 0 Å². The molecule has 0 saturated heterocycles. The van der Waals surface area contributed by atoms with Gasteiger partial charge in [-0.3, -0.25) is 0 Å². The lowest BCUT2D eigenvalue weighted by Crippen LogP contribution is -2.30. The van der Waals surface area contributed by atoms with Crippen molar-refractivity contribution in [2.75, 3.05) is 0 Å². The molecule has 104 valence electrons. The zero-order valence-corrected chi connectivity index (χ0v) is 11.9. The van der Waals surface area contributed by atoms with Crippen LogP contribution < -0.4 is 11.0 Å². The molecule has 2 aromatic rings. The number of hydrogen-bond donors (Lipinski definition) is 3. The molecule has 3 N–H and O–H groups in total. The molecule has 0 aliphatic heterocycles. The van der Waals surface area contributed by atoms with Crippen LogP contribution in [0.1, 0.15) is 51.6 Å². The first-order valence-corrected chi connectivity index (χ1v) is 7.12. The van der Waals surface area contributed by atoms with E-state index in [-0.39, 0.29) is 5.69 Å². The van der Waals surface area contributed by atoms with E-state index < -0.39 is 0 Å².